The number of fused-ring (bicyclic) bond motifs is 2. The predicted octanol–water partition coefficient (Wildman–Crippen LogP) is 4.06. The standard InChI is InChI=1S/C28H31N7O3S/c1-18-17-38-20(15-34(2)3)16-35(18)19-12-13-22-25(14-19)30-28(29-22)27-26-23(31-32-27)10-7-11-24(26)33-39(36,37)21-8-5-4-6-9-21/h4-14,18,20,33H,15-17H2,1-3H3,(H,29,30)(H,31,32). The van der Waals surface area contributed by atoms with Crippen LogP contribution >= 0.6 is 0 Å². The van der Waals surface area contributed by atoms with Crippen molar-refractivity contribution in [3.8, 4) is 11.5 Å². The summed E-state index contributed by atoms with van der Waals surface area (Å²) in [4.78, 5) is 12.9. The fourth-order valence-corrected chi connectivity index (χ4v) is 6.21. The summed E-state index contributed by atoms with van der Waals surface area (Å²) >= 11 is 0. The average molecular weight is 546 g/mol. The number of aromatic nitrogens is 4. The maximum Gasteiger partial charge on any atom is 0.261 e. The highest BCUT2D eigenvalue weighted by Gasteiger charge is 2.27. The number of hydrogen-bond acceptors (Lipinski definition) is 7. The second-order valence-corrected chi connectivity index (χ2v) is 11.9. The van der Waals surface area contributed by atoms with Crippen LogP contribution in [-0.2, 0) is 14.8 Å². The fraction of sp³-hybridized carbons (Fsp3) is 0.286. The molecule has 5 aromatic rings. The minimum Gasteiger partial charge on any atom is -0.373 e. The summed E-state index contributed by atoms with van der Waals surface area (Å²) < 4.78 is 34.9. The van der Waals surface area contributed by atoms with E-state index in [0.717, 1.165) is 29.8 Å². The van der Waals surface area contributed by atoms with E-state index >= 15 is 0 Å². The molecule has 1 aliphatic rings. The largest absolute Gasteiger partial charge is 0.373 e. The van der Waals surface area contributed by atoms with Crippen molar-refractivity contribution in [3.05, 3.63) is 66.7 Å². The normalized spacial score (nSPS) is 18.3. The Balaban J connectivity index is 1.35. The minimum atomic E-state index is -3.78. The summed E-state index contributed by atoms with van der Waals surface area (Å²) in [5, 5.41) is 8.16. The van der Waals surface area contributed by atoms with Gasteiger partial charge in [-0.25, -0.2) is 13.4 Å². The van der Waals surface area contributed by atoms with Crippen molar-refractivity contribution in [1.82, 2.24) is 25.1 Å². The quantitative estimate of drug-likeness (QED) is 0.282. The zero-order valence-electron chi connectivity index (χ0n) is 22.0. The van der Waals surface area contributed by atoms with Gasteiger partial charge >= 0.3 is 0 Å². The van der Waals surface area contributed by atoms with Gasteiger partial charge in [0.25, 0.3) is 10.0 Å². The molecule has 1 saturated heterocycles. The van der Waals surface area contributed by atoms with Gasteiger partial charge in [0.05, 0.1) is 45.2 Å². The van der Waals surface area contributed by atoms with Crippen LogP contribution in [0.3, 0.4) is 0 Å². The lowest BCUT2D eigenvalue weighted by molar-refractivity contribution is 0.00880. The van der Waals surface area contributed by atoms with E-state index in [4.69, 9.17) is 9.72 Å². The highest BCUT2D eigenvalue weighted by Crippen LogP contribution is 2.34. The van der Waals surface area contributed by atoms with Gasteiger partial charge in [-0.15, -0.1) is 0 Å². The first-order valence-electron chi connectivity index (χ1n) is 12.9. The molecule has 0 spiro atoms. The zero-order chi connectivity index (χ0) is 27.1. The van der Waals surface area contributed by atoms with E-state index in [1.54, 1.807) is 42.5 Å². The number of imidazole rings is 1. The molecule has 3 heterocycles. The lowest BCUT2D eigenvalue weighted by Crippen LogP contribution is -2.51. The number of hydrogen-bond donors (Lipinski definition) is 3. The molecule has 0 aliphatic carbocycles. The fourth-order valence-electron chi connectivity index (χ4n) is 5.12. The number of rotatable bonds is 7. The third kappa shape index (κ3) is 4.96. The van der Waals surface area contributed by atoms with E-state index < -0.39 is 10.0 Å². The Bertz CT molecular complexity index is 1730. The molecule has 3 N–H and O–H groups in total. The van der Waals surface area contributed by atoms with Crippen LogP contribution in [0, 0.1) is 0 Å². The van der Waals surface area contributed by atoms with Crippen molar-refractivity contribution >= 4 is 43.3 Å². The number of nitrogens with zero attached hydrogens (tertiary/aromatic N) is 4. The molecule has 1 fully saturated rings. The summed E-state index contributed by atoms with van der Waals surface area (Å²) in [6, 6.07) is 20.1. The molecule has 2 atom stereocenters. The third-order valence-corrected chi connectivity index (χ3v) is 8.36. The van der Waals surface area contributed by atoms with Crippen LogP contribution in [-0.4, -0.2) is 79.4 Å². The summed E-state index contributed by atoms with van der Waals surface area (Å²) in [7, 11) is 0.330. The topological polar surface area (TPSA) is 119 Å². The van der Waals surface area contributed by atoms with Gasteiger partial charge in [-0.05, 0) is 63.5 Å². The first kappa shape index (κ1) is 25.4. The second kappa shape index (κ2) is 9.99. The third-order valence-electron chi connectivity index (χ3n) is 6.98. The van der Waals surface area contributed by atoms with Gasteiger partial charge in [0.15, 0.2) is 5.82 Å². The Morgan fingerprint density at radius 2 is 1.90 bits per heavy atom. The molecule has 0 bridgehead atoms. The number of benzene rings is 3. The van der Waals surface area contributed by atoms with E-state index in [1.807, 2.05) is 12.1 Å². The SMILES string of the molecule is CC1COC(CN(C)C)CN1c1ccc2nc(-c3n[nH]c4cccc(NS(=O)(=O)c5ccccc5)c34)[nH]c2c1. The summed E-state index contributed by atoms with van der Waals surface area (Å²) in [5.74, 6) is 0.556. The molecular formula is C28H31N7O3S. The smallest absolute Gasteiger partial charge is 0.261 e. The number of morpholine rings is 1. The molecule has 0 amide bonds. The maximum absolute atomic E-state index is 13.1. The van der Waals surface area contributed by atoms with E-state index in [0.29, 0.717) is 34.7 Å². The Hall–Kier alpha value is -3.93. The number of ether oxygens (including phenoxy) is 1. The number of anilines is 2. The predicted molar refractivity (Wildman–Crippen MR) is 154 cm³/mol. The van der Waals surface area contributed by atoms with Gasteiger partial charge in [-0.1, -0.05) is 24.3 Å². The number of likely N-dealkylation sites (N-methyl/N-ethyl adjacent to an activating group) is 1. The van der Waals surface area contributed by atoms with Crippen molar-refractivity contribution in [3.63, 3.8) is 0 Å². The number of sulfonamides is 1. The number of nitrogens with one attached hydrogen (secondary N) is 3. The van der Waals surface area contributed by atoms with Gasteiger partial charge < -0.3 is 19.5 Å². The van der Waals surface area contributed by atoms with E-state index in [-0.39, 0.29) is 17.0 Å². The number of aromatic amines is 2. The van der Waals surface area contributed by atoms with Crippen molar-refractivity contribution in [2.75, 3.05) is 43.4 Å². The van der Waals surface area contributed by atoms with Gasteiger partial charge in [0, 0.05) is 24.8 Å². The maximum atomic E-state index is 13.1. The molecule has 0 radical (unpaired) electrons. The van der Waals surface area contributed by atoms with Crippen LogP contribution in [0.1, 0.15) is 6.92 Å². The lowest BCUT2D eigenvalue weighted by atomic mass is 10.1. The van der Waals surface area contributed by atoms with Crippen LogP contribution in [0.15, 0.2) is 71.6 Å². The molecule has 0 saturated carbocycles. The average Bonchev–Trinajstić information content (AvgIpc) is 3.54. The van der Waals surface area contributed by atoms with Crippen molar-refractivity contribution < 1.29 is 13.2 Å². The first-order chi connectivity index (χ1) is 18.8. The van der Waals surface area contributed by atoms with Gasteiger partial charge in [0.2, 0.25) is 0 Å². The van der Waals surface area contributed by atoms with Gasteiger partial charge in [-0.2, -0.15) is 5.10 Å². The van der Waals surface area contributed by atoms with Crippen LogP contribution in [0.2, 0.25) is 0 Å². The molecule has 202 valence electrons. The molecule has 10 nitrogen and oxygen atoms in total. The summed E-state index contributed by atoms with van der Waals surface area (Å²) in [5.41, 5.74) is 4.45. The molecule has 1 aliphatic heterocycles. The highest BCUT2D eigenvalue weighted by atomic mass is 32.2. The zero-order valence-corrected chi connectivity index (χ0v) is 22.9. The van der Waals surface area contributed by atoms with Gasteiger partial charge in [0.1, 0.15) is 5.69 Å². The molecule has 2 aromatic heterocycles. The Labute approximate surface area is 227 Å². The van der Waals surface area contributed by atoms with E-state index in [9.17, 15) is 8.42 Å². The minimum absolute atomic E-state index is 0.137. The number of H-pyrrole nitrogens is 2. The van der Waals surface area contributed by atoms with Crippen molar-refractivity contribution in [2.24, 2.45) is 0 Å². The van der Waals surface area contributed by atoms with Crippen LogP contribution in [0.5, 0.6) is 0 Å². The van der Waals surface area contributed by atoms with Crippen LogP contribution in [0.4, 0.5) is 11.4 Å². The Morgan fingerprint density at radius 3 is 2.69 bits per heavy atom. The molecule has 11 heteroatoms. The first-order valence-corrected chi connectivity index (χ1v) is 14.3. The van der Waals surface area contributed by atoms with Gasteiger partial charge in [-0.3, -0.25) is 9.82 Å². The van der Waals surface area contributed by atoms with E-state index in [2.05, 4.69) is 62.9 Å². The van der Waals surface area contributed by atoms with Crippen molar-refractivity contribution in [2.45, 2.75) is 24.0 Å². The highest BCUT2D eigenvalue weighted by molar-refractivity contribution is 7.92. The van der Waals surface area contributed by atoms with Crippen molar-refractivity contribution in [1.29, 1.82) is 0 Å². The van der Waals surface area contributed by atoms with E-state index in [1.165, 1.54) is 0 Å². The molecule has 2 unspecified atom stereocenters. The Morgan fingerprint density at radius 1 is 1.08 bits per heavy atom. The molecule has 6 rings (SSSR count). The summed E-state index contributed by atoms with van der Waals surface area (Å²) in [6.45, 7) is 4.51. The molecular weight excluding hydrogens is 514 g/mol. The molecule has 39 heavy (non-hydrogen) atoms. The van der Waals surface area contributed by atoms with Crippen LogP contribution in [0.25, 0.3) is 33.5 Å². The lowest BCUT2D eigenvalue weighted by Gasteiger charge is -2.40. The Kier molecular flexibility index (Phi) is 6.49. The monoisotopic (exact) mass is 545 g/mol. The summed E-state index contributed by atoms with van der Waals surface area (Å²) in [6.07, 6.45) is 0.137. The van der Waals surface area contributed by atoms with Crippen LogP contribution < -0.4 is 9.62 Å². The second-order valence-electron chi connectivity index (χ2n) is 10.2. The molecule has 3 aromatic carbocycles.